The second kappa shape index (κ2) is 4.74. The van der Waals surface area contributed by atoms with Crippen molar-refractivity contribution in [3.8, 4) is 0 Å². The van der Waals surface area contributed by atoms with Gasteiger partial charge in [-0.25, -0.2) is 4.68 Å². The summed E-state index contributed by atoms with van der Waals surface area (Å²) in [6.45, 7) is 7.44. The first kappa shape index (κ1) is 10.7. The van der Waals surface area contributed by atoms with Crippen LogP contribution in [0.1, 0.15) is 38.8 Å². The third kappa shape index (κ3) is 2.53. The molecule has 2 unspecified atom stereocenters. The van der Waals surface area contributed by atoms with Crippen LogP contribution in [-0.2, 0) is 6.54 Å². The Bertz CT molecular complexity index is 257. The molecule has 0 aliphatic rings. The van der Waals surface area contributed by atoms with Gasteiger partial charge in [-0.1, -0.05) is 41.9 Å². The lowest BCUT2D eigenvalue weighted by Crippen LogP contribution is -2.12. The lowest BCUT2D eigenvalue weighted by Gasteiger charge is -2.14. The van der Waals surface area contributed by atoms with Gasteiger partial charge in [0.05, 0.1) is 11.9 Å². The number of alkyl halides is 1. The molecule has 1 heterocycles. The lowest BCUT2D eigenvalue weighted by atomic mass is 10.1. The number of hydrogen-bond acceptors (Lipinski definition) is 2. The van der Waals surface area contributed by atoms with E-state index in [2.05, 4.69) is 47.0 Å². The first-order valence-electron chi connectivity index (χ1n) is 4.69. The molecule has 3 nitrogen and oxygen atoms in total. The summed E-state index contributed by atoms with van der Waals surface area (Å²) in [4.78, 5) is 0.460. The minimum Gasteiger partial charge on any atom is -0.249 e. The van der Waals surface area contributed by atoms with Crippen LogP contribution < -0.4 is 0 Å². The highest BCUT2D eigenvalue weighted by molar-refractivity contribution is 9.09. The minimum absolute atomic E-state index is 0.460. The fourth-order valence-corrected chi connectivity index (χ4v) is 1.51. The molecule has 0 aliphatic heterocycles. The molecule has 0 aromatic carbocycles. The zero-order valence-electron chi connectivity index (χ0n) is 8.37. The van der Waals surface area contributed by atoms with Gasteiger partial charge in [0.25, 0.3) is 0 Å². The average Bonchev–Trinajstić information content (AvgIpc) is 2.52. The maximum absolute atomic E-state index is 4.06. The fraction of sp³-hybridized carbons (Fsp3) is 0.778. The highest BCUT2D eigenvalue weighted by Crippen LogP contribution is 2.23. The van der Waals surface area contributed by atoms with Crippen LogP contribution in [0.3, 0.4) is 0 Å². The summed E-state index contributed by atoms with van der Waals surface area (Å²) in [5.41, 5.74) is 1.21. The Labute approximate surface area is 87.6 Å². The van der Waals surface area contributed by atoms with Crippen molar-refractivity contribution < 1.29 is 0 Å². The van der Waals surface area contributed by atoms with Crippen molar-refractivity contribution in [2.75, 3.05) is 0 Å². The van der Waals surface area contributed by atoms with Crippen LogP contribution in [0.2, 0.25) is 0 Å². The van der Waals surface area contributed by atoms with Crippen LogP contribution in [0.5, 0.6) is 0 Å². The summed E-state index contributed by atoms with van der Waals surface area (Å²) < 4.78 is 1.99. The molecule has 0 saturated carbocycles. The molecule has 1 aromatic heterocycles. The Morgan fingerprint density at radius 3 is 2.77 bits per heavy atom. The number of rotatable bonds is 4. The van der Waals surface area contributed by atoms with E-state index >= 15 is 0 Å². The van der Waals surface area contributed by atoms with E-state index in [4.69, 9.17) is 0 Å². The molecule has 0 bridgehead atoms. The van der Waals surface area contributed by atoms with E-state index in [1.165, 1.54) is 5.69 Å². The van der Waals surface area contributed by atoms with Crippen LogP contribution in [0.15, 0.2) is 6.20 Å². The van der Waals surface area contributed by atoms with Crippen LogP contribution in [0.4, 0.5) is 0 Å². The number of nitrogens with zero attached hydrogens (tertiary/aromatic N) is 3. The van der Waals surface area contributed by atoms with Gasteiger partial charge in [-0.2, -0.15) is 0 Å². The van der Waals surface area contributed by atoms with Crippen molar-refractivity contribution in [2.24, 2.45) is 0 Å². The summed E-state index contributed by atoms with van der Waals surface area (Å²) in [5, 5.41) is 7.99. The third-order valence-corrected chi connectivity index (χ3v) is 3.03. The van der Waals surface area contributed by atoms with Crippen molar-refractivity contribution in [2.45, 2.75) is 44.5 Å². The second-order valence-electron chi connectivity index (χ2n) is 3.35. The van der Waals surface area contributed by atoms with Gasteiger partial charge in [-0.05, 0) is 6.42 Å². The van der Waals surface area contributed by atoms with Gasteiger partial charge in [0.1, 0.15) is 0 Å². The number of aryl methyl sites for hydroxylation is 1. The molecule has 0 aliphatic carbocycles. The van der Waals surface area contributed by atoms with E-state index in [1.807, 2.05) is 10.9 Å². The van der Waals surface area contributed by atoms with Gasteiger partial charge in [0.15, 0.2) is 0 Å². The quantitative estimate of drug-likeness (QED) is 0.764. The Hall–Kier alpha value is -0.380. The molecule has 13 heavy (non-hydrogen) atoms. The molecule has 0 fully saturated rings. The summed E-state index contributed by atoms with van der Waals surface area (Å²) in [6, 6.07) is 0. The largest absolute Gasteiger partial charge is 0.249 e. The lowest BCUT2D eigenvalue weighted by molar-refractivity contribution is 0.533. The van der Waals surface area contributed by atoms with Gasteiger partial charge in [-0.15, -0.1) is 5.10 Å². The highest BCUT2D eigenvalue weighted by atomic mass is 79.9. The van der Waals surface area contributed by atoms with Crippen molar-refractivity contribution in [1.29, 1.82) is 0 Å². The van der Waals surface area contributed by atoms with Gasteiger partial charge in [0.2, 0.25) is 0 Å². The Kier molecular flexibility index (Phi) is 3.90. The van der Waals surface area contributed by atoms with Gasteiger partial charge in [-0.3, -0.25) is 0 Å². The van der Waals surface area contributed by atoms with Crippen LogP contribution in [0.25, 0.3) is 0 Å². The van der Waals surface area contributed by atoms with Crippen LogP contribution in [-0.4, -0.2) is 19.8 Å². The predicted octanol–water partition coefficient (Wildman–Crippen LogP) is 2.58. The zero-order chi connectivity index (χ0) is 9.84. The summed E-state index contributed by atoms with van der Waals surface area (Å²) in [6.07, 6.45) is 2.96. The SMILES string of the molecule is CCCn1nncc1C(C)C(C)Br. The fourth-order valence-electron chi connectivity index (χ4n) is 1.24. The van der Waals surface area contributed by atoms with Gasteiger partial charge in [0, 0.05) is 17.3 Å². The van der Waals surface area contributed by atoms with E-state index in [0.717, 1.165) is 13.0 Å². The number of aromatic nitrogens is 3. The molecule has 2 atom stereocenters. The molecular formula is C9H16BrN3. The standard InChI is InChI=1S/C9H16BrN3/c1-4-5-13-9(6-11-12-13)7(2)8(3)10/h6-8H,4-5H2,1-3H3. The monoisotopic (exact) mass is 245 g/mol. The van der Waals surface area contributed by atoms with Crippen molar-refractivity contribution in [3.63, 3.8) is 0 Å². The third-order valence-electron chi connectivity index (χ3n) is 2.24. The number of halogens is 1. The Morgan fingerprint density at radius 1 is 1.54 bits per heavy atom. The van der Waals surface area contributed by atoms with Crippen LogP contribution >= 0.6 is 15.9 Å². The second-order valence-corrected chi connectivity index (χ2v) is 4.79. The van der Waals surface area contributed by atoms with E-state index in [0.29, 0.717) is 10.7 Å². The summed E-state index contributed by atoms with van der Waals surface area (Å²) in [7, 11) is 0. The van der Waals surface area contributed by atoms with E-state index in [9.17, 15) is 0 Å². The van der Waals surface area contributed by atoms with E-state index in [-0.39, 0.29) is 0 Å². The molecule has 0 spiro atoms. The molecule has 0 N–H and O–H groups in total. The Balaban J connectivity index is 2.80. The van der Waals surface area contributed by atoms with Gasteiger partial charge >= 0.3 is 0 Å². The van der Waals surface area contributed by atoms with Crippen molar-refractivity contribution in [3.05, 3.63) is 11.9 Å². The number of hydrogen-bond donors (Lipinski definition) is 0. The summed E-state index contributed by atoms with van der Waals surface area (Å²) in [5.74, 6) is 0.460. The smallest absolute Gasteiger partial charge is 0.0728 e. The zero-order valence-corrected chi connectivity index (χ0v) is 9.95. The van der Waals surface area contributed by atoms with E-state index in [1.54, 1.807) is 0 Å². The first-order chi connectivity index (χ1) is 6.16. The maximum atomic E-state index is 4.06. The normalized spacial score (nSPS) is 15.7. The topological polar surface area (TPSA) is 30.7 Å². The molecule has 74 valence electrons. The Morgan fingerprint density at radius 2 is 2.23 bits per heavy atom. The highest BCUT2D eigenvalue weighted by Gasteiger charge is 2.16. The molecule has 0 radical (unpaired) electrons. The molecule has 1 aromatic rings. The van der Waals surface area contributed by atoms with E-state index < -0.39 is 0 Å². The molecular weight excluding hydrogens is 230 g/mol. The van der Waals surface area contributed by atoms with Gasteiger partial charge < -0.3 is 0 Å². The average molecular weight is 246 g/mol. The minimum atomic E-state index is 0.460. The first-order valence-corrected chi connectivity index (χ1v) is 5.60. The molecule has 1 rings (SSSR count). The molecule has 4 heteroatoms. The molecule has 0 saturated heterocycles. The summed E-state index contributed by atoms with van der Waals surface area (Å²) >= 11 is 3.58. The molecule has 0 amide bonds. The maximum Gasteiger partial charge on any atom is 0.0728 e. The van der Waals surface area contributed by atoms with Crippen LogP contribution in [0, 0.1) is 0 Å². The predicted molar refractivity (Wildman–Crippen MR) is 57.1 cm³/mol. The van der Waals surface area contributed by atoms with Crippen molar-refractivity contribution in [1.82, 2.24) is 15.0 Å². The van der Waals surface area contributed by atoms with Crippen molar-refractivity contribution >= 4 is 15.9 Å².